The topological polar surface area (TPSA) is 41.5 Å². The van der Waals surface area contributed by atoms with Crippen molar-refractivity contribution in [2.75, 3.05) is 19.8 Å². The molecule has 18 heavy (non-hydrogen) atoms. The molecule has 1 rings (SSSR count). The molecule has 0 amide bonds. The van der Waals surface area contributed by atoms with Gasteiger partial charge in [0, 0.05) is 0 Å². The fourth-order valence-corrected chi connectivity index (χ4v) is 1.41. The maximum Gasteiger partial charge on any atom is 0.200 e. The summed E-state index contributed by atoms with van der Waals surface area (Å²) in [7, 11) is 0. The molecule has 2 N–H and O–H groups in total. The molecule has 0 heterocycles. The van der Waals surface area contributed by atoms with Crippen molar-refractivity contribution in [2.24, 2.45) is 0 Å². The zero-order valence-electron chi connectivity index (χ0n) is 10.7. The lowest BCUT2D eigenvalue weighted by Gasteiger charge is -2.28. The second kappa shape index (κ2) is 6.66. The van der Waals surface area contributed by atoms with Crippen molar-refractivity contribution in [3.05, 3.63) is 29.8 Å². The zero-order valence-corrected chi connectivity index (χ0v) is 10.7. The van der Waals surface area contributed by atoms with Crippen LogP contribution in [-0.2, 0) is 0 Å². The van der Waals surface area contributed by atoms with E-state index >= 15 is 0 Å². The predicted octanol–water partition coefficient (Wildman–Crippen LogP) is 2.09. The normalized spacial score (nSPS) is 14.3. The van der Waals surface area contributed by atoms with E-state index in [4.69, 9.17) is 4.74 Å². The Hall–Kier alpha value is -1.20. The van der Waals surface area contributed by atoms with Crippen LogP contribution in [0.5, 0.6) is 5.75 Å². The Morgan fingerprint density at radius 1 is 1.39 bits per heavy atom. The third-order valence-corrected chi connectivity index (χ3v) is 2.61. The minimum absolute atomic E-state index is 0.0594. The van der Waals surface area contributed by atoms with Crippen molar-refractivity contribution >= 4 is 0 Å². The second-order valence-electron chi connectivity index (χ2n) is 4.49. The van der Waals surface area contributed by atoms with Crippen LogP contribution in [0.2, 0.25) is 0 Å². The van der Waals surface area contributed by atoms with Crippen molar-refractivity contribution in [3.63, 3.8) is 0 Å². The number of ether oxygens (including phenoxy) is 1. The van der Waals surface area contributed by atoms with Gasteiger partial charge in [-0.2, -0.15) is 4.39 Å². The molecule has 0 spiro atoms. The largest absolute Gasteiger partial charge is 0.488 e. The molecule has 0 saturated heterocycles. The van der Waals surface area contributed by atoms with Crippen molar-refractivity contribution < 1.29 is 18.6 Å². The highest BCUT2D eigenvalue weighted by Crippen LogP contribution is 2.20. The number of hydrogen-bond donors (Lipinski definition) is 2. The third kappa shape index (κ3) is 3.92. The molecule has 0 bridgehead atoms. The molecule has 102 valence electrons. The lowest BCUT2D eigenvalue weighted by Crippen LogP contribution is -2.50. The van der Waals surface area contributed by atoms with Gasteiger partial charge in [0.1, 0.15) is 6.61 Å². The average molecular weight is 259 g/mol. The highest BCUT2D eigenvalue weighted by Gasteiger charge is 2.24. The number of nitrogens with one attached hydrogen (secondary N) is 1. The molecule has 0 aromatic heterocycles. The summed E-state index contributed by atoms with van der Waals surface area (Å²) in [5.41, 5.74) is -0.672. The van der Waals surface area contributed by atoms with Gasteiger partial charge >= 0.3 is 0 Å². The Morgan fingerprint density at radius 3 is 2.72 bits per heavy atom. The van der Waals surface area contributed by atoms with E-state index in [2.05, 4.69) is 5.32 Å². The second-order valence-corrected chi connectivity index (χ2v) is 4.49. The van der Waals surface area contributed by atoms with Gasteiger partial charge in [0.25, 0.3) is 0 Å². The number of rotatable bonds is 7. The van der Waals surface area contributed by atoms with Crippen molar-refractivity contribution in [1.29, 1.82) is 0 Å². The van der Waals surface area contributed by atoms with E-state index in [-0.39, 0.29) is 19.0 Å². The SMILES string of the molecule is CCCNC(C)(CO)COc1cccc(F)c1F. The van der Waals surface area contributed by atoms with Gasteiger partial charge in [0.05, 0.1) is 12.1 Å². The van der Waals surface area contributed by atoms with Crippen molar-refractivity contribution in [2.45, 2.75) is 25.8 Å². The first-order valence-electron chi connectivity index (χ1n) is 5.95. The van der Waals surface area contributed by atoms with Crippen LogP contribution in [0.4, 0.5) is 8.78 Å². The maximum atomic E-state index is 13.3. The fraction of sp³-hybridized carbons (Fsp3) is 0.538. The smallest absolute Gasteiger partial charge is 0.200 e. The molecule has 1 unspecified atom stereocenters. The summed E-state index contributed by atoms with van der Waals surface area (Å²) in [6.45, 7) is 4.39. The van der Waals surface area contributed by atoms with E-state index in [0.29, 0.717) is 6.54 Å². The van der Waals surface area contributed by atoms with Crippen LogP contribution in [0, 0.1) is 11.6 Å². The van der Waals surface area contributed by atoms with Gasteiger partial charge in [0.15, 0.2) is 11.6 Å². The van der Waals surface area contributed by atoms with E-state index in [9.17, 15) is 13.9 Å². The first-order valence-corrected chi connectivity index (χ1v) is 5.95. The van der Waals surface area contributed by atoms with Crippen LogP contribution in [-0.4, -0.2) is 30.4 Å². The van der Waals surface area contributed by atoms with Gasteiger partial charge in [-0.25, -0.2) is 4.39 Å². The highest BCUT2D eigenvalue weighted by atomic mass is 19.2. The zero-order chi connectivity index (χ0) is 13.6. The quantitative estimate of drug-likeness (QED) is 0.788. The molecule has 1 atom stereocenters. The summed E-state index contributed by atoms with van der Waals surface area (Å²) in [6, 6.07) is 3.77. The van der Waals surface area contributed by atoms with Gasteiger partial charge in [0.2, 0.25) is 5.82 Å². The van der Waals surface area contributed by atoms with E-state index in [0.717, 1.165) is 12.5 Å². The van der Waals surface area contributed by atoms with Crippen molar-refractivity contribution in [1.82, 2.24) is 5.32 Å². The fourth-order valence-electron chi connectivity index (χ4n) is 1.41. The number of benzene rings is 1. The summed E-state index contributed by atoms with van der Waals surface area (Å²) < 4.78 is 31.5. The van der Waals surface area contributed by atoms with Crippen LogP contribution >= 0.6 is 0 Å². The minimum atomic E-state index is -1.01. The van der Waals surface area contributed by atoms with Gasteiger partial charge in [-0.05, 0) is 32.0 Å². The number of aliphatic hydroxyl groups is 1. The predicted molar refractivity (Wildman–Crippen MR) is 65.6 cm³/mol. The minimum Gasteiger partial charge on any atom is -0.488 e. The molecule has 1 aromatic carbocycles. The van der Waals surface area contributed by atoms with Gasteiger partial charge in [-0.15, -0.1) is 0 Å². The molecular formula is C13H19F2NO2. The Morgan fingerprint density at radius 2 is 2.11 bits per heavy atom. The molecule has 1 aromatic rings. The Labute approximate surface area is 106 Å². The van der Waals surface area contributed by atoms with Crippen LogP contribution < -0.4 is 10.1 Å². The number of halogens is 2. The van der Waals surface area contributed by atoms with Crippen LogP contribution in [0.15, 0.2) is 18.2 Å². The molecule has 0 fully saturated rings. The molecule has 0 aliphatic rings. The van der Waals surface area contributed by atoms with E-state index in [1.54, 1.807) is 6.92 Å². The van der Waals surface area contributed by atoms with Gasteiger partial charge < -0.3 is 15.2 Å². The van der Waals surface area contributed by atoms with E-state index in [1.807, 2.05) is 6.92 Å². The van der Waals surface area contributed by atoms with Crippen LogP contribution in [0.25, 0.3) is 0 Å². The maximum absolute atomic E-state index is 13.3. The monoisotopic (exact) mass is 259 g/mol. The Bertz CT molecular complexity index is 387. The summed E-state index contributed by atoms with van der Waals surface area (Å²) in [5, 5.41) is 12.4. The van der Waals surface area contributed by atoms with Gasteiger partial charge in [-0.1, -0.05) is 13.0 Å². The highest BCUT2D eigenvalue weighted by molar-refractivity contribution is 5.25. The lowest BCUT2D eigenvalue weighted by atomic mass is 10.1. The molecule has 0 aliphatic carbocycles. The molecular weight excluding hydrogens is 240 g/mol. The Kier molecular flexibility index (Phi) is 5.50. The van der Waals surface area contributed by atoms with E-state index in [1.165, 1.54) is 12.1 Å². The average Bonchev–Trinajstić information content (AvgIpc) is 2.38. The molecule has 0 radical (unpaired) electrons. The summed E-state index contributed by atoms with van der Waals surface area (Å²) >= 11 is 0. The lowest BCUT2D eigenvalue weighted by molar-refractivity contribution is 0.113. The summed E-state index contributed by atoms with van der Waals surface area (Å²) in [5.74, 6) is -2.10. The number of aliphatic hydroxyl groups excluding tert-OH is 1. The van der Waals surface area contributed by atoms with Crippen LogP contribution in [0.1, 0.15) is 20.3 Å². The third-order valence-electron chi connectivity index (χ3n) is 2.61. The Balaban J connectivity index is 2.64. The molecule has 5 heteroatoms. The summed E-state index contributed by atoms with van der Waals surface area (Å²) in [6.07, 6.45) is 0.907. The molecule has 3 nitrogen and oxygen atoms in total. The van der Waals surface area contributed by atoms with Gasteiger partial charge in [-0.3, -0.25) is 0 Å². The molecule has 0 aliphatic heterocycles. The standard InChI is InChI=1S/C13H19F2NO2/c1-3-7-16-13(2,8-17)9-18-11-6-4-5-10(14)12(11)15/h4-6,16-17H,3,7-9H2,1-2H3. The van der Waals surface area contributed by atoms with E-state index < -0.39 is 17.2 Å². The first kappa shape index (κ1) is 14.9. The first-order chi connectivity index (χ1) is 8.52. The van der Waals surface area contributed by atoms with Crippen LogP contribution in [0.3, 0.4) is 0 Å². The number of hydrogen-bond acceptors (Lipinski definition) is 3. The van der Waals surface area contributed by atoms with Crippen molar-refractivity contribution in [3.8, 4) is 5.75 Å². The molecule has 0 saturated carbocycles. The summed E-state index contributed by atoms with van der Waals surface area (Å²) in [4.78, 5) is 0.